The van der Waals surface area contributed by atoms with Crippen molar-refractivity contribution in [2.24, 2.45) is 4.99 Å². The molecular weight excluding hydrogens is 484 g/mol. The zero-order chi connectivity index (χ0) is 23.0. The van der Waals surface area contributed by atoms with E-state index in [1.54, 1.807) is 29.2 Å². The smallest absolute Gasteiger partial charge is 0.271 e. The molecule has 0 saturated carbocycles. The Hall–Kier alpha value is -2.83. The van der Waals surface area contributed by atoms with Crippen LogP contribution in [0.4, 0.5) is 11.4 Å². The van der Waals surface area contributed by atoms with Gasteiger partial charge in [0.15, 0.2) is 5.17 Å². The summed E-state index contributed by atoms with van der Waals surface area (Å²) in [7, 11) is 0. The Morgan fingerprint density at radius 1 is 0.906 bits per heavy atom. The van der Waals surface area contributed by atoms with Crippen molar-refractivity contribution in [2.45, 2.75) is 27.7 Å². The molecule has 0 aromatic heterocycles. The molecular formula is C26H23BrN2O2S. The third-order valence-electron chi connectivity index (χ3n) is 5.54. The van der Waals surface area contributed by atoms with Gasteiger partial charge in [-0.05, 0) is 116 Å². The Balaban J connectivity index is 1.83. The highest BCUT2D eigenvalue weighted by Gasteiger charge is 2.35. The number of phenols is 1. The van der Waals surface area contributed by atoms with Gasteiger partial charge in [-0.15, -0.1) is 0 Å². The van der Waals surface area contributed by atoms with Crippen LogP contribution in [0.3, 0.4) is 0 Å². The van der Waals surface area contributed by atoms with Gasteiger partial charge in [-0.1, -0.05) is 28.1 Å². The molecule has 4 rings (SSSR count). The largest absolute Gasteiger partial charge is 0.508 e. The van der Waals surface area contributed by atoms with E-state index in [9.17, 15) is 9.90 Å². The molecule has 0 spiro atoms. The lowest BCUT2D eigenvalue weighted by Crippen LogP contribution is -2.28. The SMILES string of the molecule is Cc1ccc(N=C2S/C(=C/c3cc(O)ccc3Br)C(=O)N2c2ccc(C)c(C)c2)cc1C. The van der Waals surface area contributed by atoms with E-state index < -0.39 is 0 Å². The maximum absolute atomic E-state index is 13.5. The molecule has 6 heteroatoms. The summed E-state index contributed by atoms with van der Waals surface area (Å²) >= 11 is 4.83. The predicted octanol–water partition coefficient (Wildman–Crippen LogP) is 7.20. The first kappa shape index (κ1) is 22.4. The van der Waals surface area contributed by atoms with Gasteiger partial charge in [0.25, 0.3) is 5.91 Å². The highest BCUT2D eigenvalue weighted by Crippen LogP contribution is 2.39. The summed E-state index contributed by atoms with van der Waals surface area (Å²) in [6.07, 6.45) is 1.79. The molecule has 3 aromatic carbocycles. The number of rotatable bonds is 3. The summed E-state index contributed by atoms with van der Waals surface area (Å²) in [6, 6.07) is 17.0. The molecule has 1 amide bonds. The van der Waals surface area contributed by atoms with Crippen LogP contribution < -0.4 is 4.90 Å². The van der Waals surface area contributed by atoms with Gasteiger partial charge in [-0.3, -0.25) is 9.69 Å². The molecule has 32 heavy (non-hydrogen) atoms. The average Bonchev–Trinajstić information content (AvgIpc) is 3.04. The quantitative estimate of drug-likeness (QED) is 0.382. The molecule has 0 unspecified atom stereocenters. The maximum atomic E-state index is 13.5. The molecule has 162 valence electrons. The Bertz CT molecular complexity index is 1300. The molecule has 0 atom stereocenters. The van der Waals surface area contributed by atoms with Crippen LogP contribution in [0, 0.1) is 27.7 Å². The molecule has 1 saturated heterocycles. The second-order valence-corrected chi connectivity index (χ2v) is 9.75. The van der Waals surface area contributed by atoms with Crippen molar-refractivity contribution in [1.29, 1.82) is 0 Å². The number of thioether (sulfide) groups is 1. The van der Waals surface area contributed by atoms with Gasteiger partial charge in [0.1, 0.15) is 5.75 Å². The molecule has 0 radical (unpaired) electrons. The fraction of sp³-hybridized carbons (Fsp3) is 0.154. The second kappa shape index (κ2) is 8.96. The topological polar surface area (TPSA) is 52.9 Å². The predicted molar refractivity (Wildman–Crippen MR) is 138 cm³/mol. The number of aliphatic imine (C=N–C) groups is 1. The number of amides is 1. The van der Waals surface area contributed by atoms with Crippen LogP contribution in [0.5, 0.6) is 5.75 Å². The van der Waals surface area contributed by atoms with Crippen LogP contribution in [0.2, 0.25) is 0 Å². The Kier molecular flexibility index (Phi) is 6.26. The third kappa shape index (κ3) is 4.52. The minimum absolute atomic E-state index is 0.143. The number of carbonyl (C=O) groups is 1. The summed E-state index contributed by atoms with van der Waals surface area (Å²) in [5.41, 5.74) is 6.94. The Morgan fingerprint density at radius 3 is 2.28 bits per heavy atom. The van der Waals surface area contributed by atoms with Crippen molar-refractivity contribution >= 4 is 56.2 Å². The number of carbonyl (C=O) groups excluding carboxylic acids is 1. The zero-order valence-corrected chi connectivity index (χ0v) is 20.7. The lowest BCUT2D eigenvalue weighted by atomic mass is 10.1. The van der Waals surface area contributed by atoms with Crippen LogP contribution >= 0.6 is 27.7 Å². The van der Waals surface area contributed by atoms with Crippen molar-refractivity contribution in [3.8, 4) is 5.75 Å². The van der Waals surface area contributed by atoms with E-state index in [-0.39, 0.29) is 11.7 Å². The lowest BCUT2D eigenvalue weighted by molar-refractivity contribution is -0.113. The third-order valence-corrected chi connectivity index (χ3v) is 7.23. The number of aryl methyl sites for hydroxylation is 4. The lowest BCUT2D eigenvalue weighted by Gasteiger charge is -2.17. The molecule has 1 aliphatic heterocycles. The van der Waals surface area contributed by atoms with Gasteiger partial charge in [-0.2, -0.15) is 0 Å². The minimum Gasteiger partial charge on any atom is -0.508 e. The number of halogens is 1. The Morgan fingerprint density at radius 2 is 1.59 bits per heavy atom. The highest BCUT2D eigenvalue weighted by molar-refractivity contribution is 9.10. The monoisotopic (exact) mass is 506 g/mol. The van der Waals surface area contributed by atoms with Gasteiger partial charge in [-0.25, -0.2) is 4.99 Å². The molecule has 1 fully saturated rings. The van der Waals surface area contributed by atoms with Crippen LogP contribution in [0.15, 0.2) is 69.0 Å². The van der Waals surface area contributed by atoms with E-state index >= 15 is 0 Å². The first-order valence-electron chi connectivity index (χ1n) is 10.2. The van der Waals surface area contributed by atoms with E-state index in [2.05, 4.69) is 36.7 Å². The van der Waals surface area contributed by atoms with Gasteiger partial charge >= 0.3 is 0 Å². The van der Waals surface area contributed by atoms with Gasteiger partial charge in [0, 0.05) is 4.47 Å². The first-order valence-corrected chi connectivity index (χ1v) is 11.8. The fourth-order valence-electron chi connectivity index (χ4n) is 3.33. The molecule has 3 aromatic rings. The maximum Gasteiger partial charge on any atom is 0.271 e. The summed E-state index contributed by atoms with van der Waals surface area (Å²) in [5.74, 6) is 0.00149. The van der Waals surface area contributed by atoms with Crippen molar-refractivity contribution in [3.05, 3.63) is 91.8 Å². The number of nitrogens with zero attached hydrogens (tertiary/aromatic N) is 2. The number of benzene rings is 3. The van der Waals surface area contributed by atoms with Crippen LogP contribution in [0.25, 0.3) is 6.08 Å². The number of anilines is 1. The van der Waals surface area contributed by atoms with E-state index in [1.807, 2.05) is 43.3 Å². The van der Waals surface area contributed by atoms with E-state index in [0.717, 1.165) is 32.5 Å². The number of phenolic OH excluding ortho intramolecular Hbond substituents is 1. The molecule has 4 nitrogen and oxygen atoms in total. The summed E-state index contributed by atoms with van der Waals surface area (Å²) < 4.78 is 0.800. The summed E-state index contributed by atoms with van der Waals surface area (Å²) in [6.45, 7) is 8.20. The van der Waals surface area contributed by atoms with Crippen molar-refractivity contribution in [3.63, 3.8) is 0 Å². The highest BCUT2D eigenvalue weighted by atomic mass is 79.9. The van der Waals surface area contributed by atoms with Crippen LogP contribution in [0.1, 0.15) is 27.8 Å². The zero-order valence-electron chi connectivity index (χ0n) is 18.3. The van der Waals surface area contributed by atoms with Gasteiger partial charge < -0.3 is 5.11 Å². The first-order chi connectivity index (χ1) is 15.2. The van der Waals surface area contributed by atoms with Crippen molar-refractivity contribution in [1.82, 2.24) is 0 Å². The number of amidine groups is 1. The molecule has 0 bridgehead atoms. The Labute approximate surface area is 200 Å². The standard InChI is InChI=1S/C26H23BrN2O2S/c1-15-5-7-20(11-17(15)3)28-26-29(21-8-6-16(2)18(4)12-21)25(31)24(32-26)14-19-13-22(30)9-10-23(19)27/h5-14,30H,1-4H3/b24-14+,28-26?. The normalized spacial score (nSPS) is 16.4. The van der Waals surface area contributed by atoms with E-state index in [1.165, 1.54) is 22.9 Å². The minimum atomic E-state index is -0.143. The van der Waals surface area contributed by atoms with Crippen molar-refractivity contribution in [2.75, 3.05) is 4.90 Å². The van der Waals surface area contributed by atoms with E-state index in [4.69, 9.17) is 4.99 Å². The average molecular weight is 507 g/mol. The fourth-order valence-corrected chi connectivity index (χ4v) is 4.68. The molecule has 1 aliphatic rings. The van der Waals surface area contributed by atoms with Gasteiger partial charge in [0.2, 0.25) is 0 Å². The van der Waals surface area contributed by atoms with Gasteiger partial charge in [0.05, 0.1) is 16.3 Å². The summed E-state index contributed by atoms with van der Waals surface area (Å²) in [5, 5.41) is 10.5. The molecule has 0 aliphatic carbocycles. The van der Waals surface area contributed by atoms with Crippen LogP contribution in [-0.4, -0.2) is 16.2 Å². The number of hydrogen-bond acceptors (Lipinski definition) is 4. The van der Waals surface area contributed by atoms with Crippen LogP contribution in [-0.2, 0) is 4.79 Å². The summed E-state index contributed by atoms with van der Waals surface area (Å²) in [4.78, 5) is 20.5. The number of aromatic hydroxyl groups is 1. The number of hydrogen-bond donors (Lipinski definition) is 1. The van der Waals surface area contributed by atoms with Crippen molar-refractivity contribution < 1.29 is 9.90 Å². The molecule has 1 N–H and O–H groups in total. The molecule has 1 heterocycles. The van der Waals surface area contributed by atoms with E-state index in [0.29, 0.717) is 10.1 Å². The second-order valence-electron chi connectivity index (χ2n) is 7.89.